The van der Waals surface area contributed by atoms with E-state index in [9.17, 15) is 0 Å². The summed E-state index contributed by atoms with van der Waals surface area (Å²) in [5.74, 6) is 1.56. The van der Waals surface area contributed by atoms with Crippen LogP contribution in [0.15, 0.2) is 18.2 Å². The van der Waals surface area contributed by atoms with Crippen molar-refractivity contribution in [3.63, 3.8) is 0 Å². The Morgan fingerprint density at radius 2 is 2.20 bits per heavy atom. The average Bonchev–Trinajstić information content (AvgIpc) is 2.81. The largest absolute Gasteiger partial charge is 0.497 e. The second-order valence-corrected chi connectivity index (χ2v) is 5.80. The lowest BCUT2D eigenvalue weighted by atomic mass is 10.1. The lowest BCUT2D eigenvalue weighted by molar-refractivity contribution is 0.0163. The molecule has 0 bridgehead atoms. The predicted molar refractivity (Wildman–Crippen MR) is 82.3 cm³/mol. The first-order valence-electron chi connectivity index (χ1n) is 7.65. The number of hydrogen-bond acceptors (Lipinski definition) is 3. The number of rotatable bonds is 7. The Morgan fingerprint density at radius 3 is 2.85 bits per heavy atom. The maximum absolute atomic E-state index is 6.17. The number of likely N-dealkylation sites (N-methyl/N-ethyl adjacent to an activating group) is 1. The van der Waals surface area contributed by atoms with Crippen LogP contribution in [-0.4, -0.2) is 26.9 Å². The van der Waals surface area contributed by atoms with E-state index in [1.807, 2.05) is 13.1 Å². The zero-order chi connectivity index (χ0) is 14.5. The lowest BCUT2D eigenvalue weighted by Gasteiger charge is -2.22. The normalized spacial score (nSPS) is 22.6. The molecule has 0 amide bonds. The fourth-order valence-electron chi connectivity index (χ4n) is 3.07. The van der Waals surface area contributed by atoms with Gasteiger partial charge in [0, 0.05) is 13.0 Å². The van der Waals surface area contributed by atoms with Crippen LogP contribution in [0.3, 0.4) is 0 Å². The summed E-state index contributed by atoms with van der Waals surface area (Å²) in [7, 11) is 3.72. The Bertz CT molecular complexity index is 433. The highest BCUT2D eigenvalue weighted by Crippen LogP contribution is 2.35. The number of methoxy groups -OCH3 is 1. The standard InChI is InChI=1S/C17H27NO2/c1-5-6-12(2)11-20-16-9-13-7-8-14(19-4)10-15(13)17(16)18-3/h7-8,10,12,16-18H,5-6,9,11H2,1-4H3. The van der Waals surface area contributed by atoms with Crippen LogP contribution < -0.4 is 10.1 Å². The third-order valence-corrected chi connectivity index (χ3v) is 4.17. The van der Waals surface area contributed by atoms with Gasteiger partial charge in [-0.25, -0.2) is 0 Å². The van der Waals surface area contributed by atoms with Crippen molar-refractivity contribution in [3.05, 3.63) is 29.3 Å². The van der Waals surface area contributed by atoms with Gasteiger partial charge in [-0.1, -0.05) is 26.3 Å². The van der Waals surface area contributed by atoms with Gasteiger partial charge in [0.15, 0.2) is 0 Å². The van der Waals surface area contributed by atoms with Crippen molar-refractivity contribution in [2.24, 2.45) is 5.92 Å². The molecule has 0 saturated heterocycles. The fraction of sp³-hybridized carbons (Fsp3) is 0.647. The Morgan fingerprint density at radius 1 is 1.40 bits per heavy atom. The second-order valence-electron chi connectivity index (χ2n) is 5.80. The quantitative estimate of drug-likeness (QED) is 0.829. The van der Waals surface area contributed by atoms with Crippen LogP contribution in [0, 0.1) is 5.92 Å². The molecule has 3 unspecified atom stereocenters. The zero-order valence-corrected chi connectivity index (χ0v) is 13.1. The van der Waals surface area contributed by atoms with Crippen molar-refractivity contribution in [1.29, 1.82) is 0 Å². The van der Waals surface area contributed by atoms with E-state index in [1.54, 1.807) is 7.11 Å². The molecule has 20 heavy (non-hydrogen) atoms. The van der Waals surface area contributed by atoms with Crippen molar-refractivity contribution < 1.29 is 9.47 Å². The first kappa shape index (κ1) is 15.3. The van der Waals surface area contributed by atoms with Gasteiger partial charge in [-0.3, -0.25) is 0 Å². The molecule has 1 aliphatic carbocycles. The molecule has 0 radical (unpaired) electrons. The Hall–Kier alpha value is -1.06. The average molecular weight is 277 g/mol. The molecule has 0 fully saturated rings. The van der Waals surface area contributed by atoms with Crippen LogP contribution >= 0.6 is 0 Å². The van der Waals surface area contributed by atoms with Crippen molar-refractivity contribution in [1.82, 2.24) is 5.32 Å². The van der Waals surface area contributed by atoms with Crippen LogP contribution in [0.1, 0.15) is 43.9 Å². The summed E-state index contributed by atoms with van der Waals surface area (Å²) in [5, 5.41) is 3.40. The molecule has 3 heteroatoms. The highest BCUT2D eigenvalue weighted by molar-refractivity contribution is 5.42. The molecule has 3 nitrogen and oxygen atoms in total. The summed E-state index contributed by atoms with van der Waals surface area (Å²) < 4.78 is 11.5. The minimum absolute atomic E-state index is 0.237. The van der Waals surface area contributed by atoms with E-state index >= 15 is 0 Å². The lowest BCUT2D eigenvalue weighted by Crippen LogP contribution is -2.29. The molecule has 1 aromatic carbocycles. The molecule has 112 valence electrons. The highest BCUT2D eigenvalue weighted by Gasteiger charge is 2.32. The number of hydrogen-bond donors (Lipinski definition) is 1. The van der Waals surface area contributed by atoms with E-state index in [0.717, 1.165) is 18.8 Å². The second kappa shape index (κ2) is 7.09. The van der Waals surface area contributed by atoms with Gasteiger partial charge in [-0.15, -0.1) is 0 Å². The van der Waals surface area contributed by atoms with Gasteiger partial charge < -0.3 is 14.8 Å². The molecule has 0 aromatic heterocycles. The van der Waals surface area contributed by atoms with Crippen LogP contribution in [0.2, 0.25) is 0 Å². The van der Waals surface area contributed by atoms with Crippen LogP contribution in [-0.2, 0) is 11.2 Å². The maximum Gasteiger partial charge on any atom is 0.119 e. The molecule has 1 aromatic rings. The van der Waals surface area contributed by atoms with E-state index in [1.165, 1.54) is 24.0 Å². The van der Waals surface area contributed by atoms with Gasteiger partial charge in [0.1, 0.15) is 5.75 Å². The van der Waals surface area contributed by atoms with Crippen LogP contribution in [0.25, 0.3) is 0 Å². The van der Waals surface area contributed by atoms with Crippen molar-refractivity contribution in [3.8, 4) is 5.75 Å². The molecule has 0 spiro atoms. The van der Waals surface area contributed by atoms with Gasteiger partial charge >= 0.3 is 0 Å². The van der Waals surface area contributed by atoms with Gasteiger partial charge in [-0.2, -0.15) is 0 Å². The van der Waals surface area contributed by atoms with Crippen molar-refractivity contribution in [2.45, 2.75) is 45.3 Å². The monoisotopic (exact) mass is 277 g/mol. The topological polar surface area (TPSA) is 30.5 Å². The molecule has 3 atom stereocenters. The van der Waals surface area contributed by atoms with Gasteiger partial charge in [0.05, 0.1) is 19.3 Å². The van der Waals surface area contributed by atoms with Crippen LogP contribution in [0.5, 0.6) is 5.75 Å². The smallest absolute Gasteiger partial charge is 0.119 e. The highest BCUT2D eigenvalue weighted by atomic mass is 16.5. The Balaban J connectivity index is 2.03. The number of fused-ring (bicyclic) bond motifs is 1. The molecule has 0 heterocycles. The molecule has 0 aliphatic heterocycles. The predicted octanol–water partition coefficient (Wildman–Crippen LogP) is 3.33. The third kappa shape index (κ3) is 3.33. The first-order chi connectivity index (χ1) is 9.69. The molecule has 1 aliphatic rings. The zero-order valence-electron chi connectivity index (χ0n) is 13.1. The third-order valence-electron chi connectivity index (χ3n) is 4.17. The number of benzene rings is 1. The summed E-state index contributed by atoms with van der Waals surface area (Å²) in [4.78, 5) is 0. The van der Waals surface area contributed by atoms with Crippen molar-refractivity contribution >= 4 is 0 Å². The van der Waals surface area contributed by atoms with Gasteiger partial charge in [-0.05, 0) is 42.6 Å². The van der Waals surface area contributed by atoms with E-state index < -0.39 is 0 Å². The molecule has 1 N–H and O–H groups in total. The van der Waals surface area contributed by atoms with Crippen molar-refractivity contribution in [2.75, 3.05) is 20.8 Å². The van der Waals surface area contributed by atoms with E-state index in [-0.39, 0.29) is 12.1 Å². The summed E-state index contributed by atoms with van der Waals surface area (Å²) in [6.45, 7) is 5.34. The summed E-state index contributed by atoms with van der Waals surface area (Å²) in [5.41, 5.74) is 2.69. The minimum Gasteiger partial charge on any atom is -0.497 e. The van der Waals surface area contributed by atoms with E-state index in [4.69, 9.17) is 9.47 Å². The van der Waals surface area contributed by atoms with E-state index in [0.29, 0.717) is 5.92 Å². The summed E-state index contributed by atoms with van der Waals surface area (Å²) in [6.07, 6.45) is 3.69. The first-order valence-corrected chi connectivity index (χ1v) is 7.65. The molecule has 0 saturated carbocycles. The summed E-state index contributed by atoms with van der Waals surface area (Å²) in [6, 6.07) is 6.61. The number of nitrogens with one attached hydrogen (secondary N) is 1. The number of ether oxygens (including phenoxy) is 2. The SMILES string of the molecule is CCCC(C)COC1Cc2ccc(OC)cc2C1NC. The Kier molecular flexibility index (Phi) is 5.44. The molecular weight excluding hydrogens is 250 g/mol. The molecular formula is C17H27NO2. The minimum atomic E-state index is 0.237. The fourth-order valence-corrected chi connectivity index (χ4v) is 3.07. The maximum atomic E-state index is 6.17. The van der Waals surface area contributed by atoms with E-state index in [2.05, 4.69) is 31.3 Å². The Labute approximate surface area is 122 Å². The van der Waals surface area contributed by atoms with Crippen LogP contribution in [0.4, 0.5) is 0 Å². The molecule has 2 rings (SSSR count). The van der Waals surface area contributed by atoms with Gasteiger partial charge in [0.2, 0.25) is 0 Å². The van der Waals surface area contributed by atoms with Gasteiger partial charge in [0.25, 0.3) is 0 Å². The summed E-state index contributed by atoms with van der Waals surface area (Å²) >= 11 is 0.